The van der Waals surface area contributed by atoms with Gasteiger partial charge in [0.15, 0.2) is 7.67 Å². The first-order valence-corrected chi connectivity index (χ1v) is 50.5. The molecule has 133 heavy (non-hydrogen) atoms. The van der Waals surface area contributed by atoms with Crippen LogP contribution in [0.2, 0.25) is 0 Å². The predicted octanol–water partition coefficient (Wildman–Crippen LogP) is 16.9. The van der Waals surface area contributed by atoms with Gasteiger partial charge in [-0.05, 0) is 197 Å². The molecular weight excluding hydrogens is 1900 g/mol. The number of aromatic nitrogens is 18. The minimum atomic E-state index is -0.986. The molecule has 0 amide bonds. The molecule has 33 heteroatoms. The maximum absolute atomic E-state index is 13.6. The Morgan fingerprint density at radius 2 is 0.707 bits per heavy atom. The lowest BCUT2D eigenvalue weighted by molar-refractivity contribution is 0.00578. The fourth-order valence-electron chi connectivity index (χ4n) is 18.0. The van der Waals surface area contributed by atoms with Crippen molar-refractivity contribution in [2.75, 3.05) is 0 Å². The van der Waals surface area contributed by atoms with Gasteiger partial charge in [0.25, 0.3) is 16.7 Å². The zero-order chi connectivity index (χ0) is 93.4. The first kappa shape index (κ1) is 94.6. The van der Waals surface area contributed by atoms with E-state index in [1.165, 1.54) is 5.56 Å². The molecule has 21 rings (SSSR count). The predicted molar refractivity (Wildman–Crippen MR) is 533 cm³/mol. The Labute approximate surface area is 794 Å². The fourth-order valence-corrected chi connectivity index (χ4v) is 18.3. The summed E-state index contributed by atoms with van der Waals surface area (Å²) in [5.74, 6) is 0. The van der Waals surface area contributed by atoms with Gasteiger partial charge in [0, 0.05) is 221 Å². The molecular formula is C100H104BBr3N18O10S. The number of aliphatic hydroxyl groups is 4. The number of halogens is 3. The second kappa shape index (κ2) is 41.9. The molecule has 0 unspecified atom stereocenters. The lowest BCUT2D eigenvalue weighted by Crippen LogP contribution is -2.41. The van der Waals surface area contributed by atoms with Crippen LogP contribution in [0.25, 0.3) is 110 Å². The Morgan fingerprint density at radius 1 is 0.398 bits per heavy atom. The molecule has 1 saturated heterocycles. The normalized spacial score (nSPS) is 18.0. The lowest BCUT2D eigenvalue weighted by atomic mass is 9.75. The molecule has 0 spiro atoms. The topological polar surface area (TPSA) is 344 Å². The minimum absolute atomic E-state index is 0.0281. The largest absolute Gasteiger partial charge is 0.495 e. The number of fused-ring (bicyclic) bond motifs is 9. The number of aliphatic hydroxyl groups excluding tert-OH is 4. The second-order valence-electron chi connectivity index (χ2n) is 35.2. The zero-order valence-electron chi connectivity index (χ0n) is 75.1. The van der Waals surface area contributed by atoms with E-state index in [1.54, 1.807) is 75.8 Å². The number of pyridine rings is 10. The van der Waals surface area contributed by atoms with E-state index in [1.807, 2.05) is 215 Å². The van der Waals surface area contributed by atoms with Crippen molar-refractivity contribution in [2.45, 2.75) is 177 Å². The Kier molecular flexibility index (Phi) is 29.8. The molecule has 4 N–H and O–H groups in total. The van der Waals surface area contributed by atoms with Gasteiger partial charge < -0.3 is 43.4 Å². The summed E-state index contributed by atoms with van der Waals surface area (Å²) in [6.45, 7) is 8.11. The molecule has 0 radical (unpaired) electrons. The standard InChI is InChI=1S/2C28H27N5O2.C24H29BN2O4.C10H10BrN3.C10H11N3O.Br2OS/c2*1-32-17-20(16-31-32)24-9-8-18(15-30-24)13-19-14-23-22(27-21(19)5-4-11-29-27)10-12-33(28(23)35)25-6-2-3-7-26(25)34;1-23(2)24(3,4)31-25(30-23)18-14-17-15(21-16(18)8-7-12-26-21)11-13-27(22(17)29)19-9-5-6-10-20(19)28;1-14-7-9(6-13-14)10-3-2-8(4-11)5-12-10;1-13-6-9(5-12-13)10-3-2-8(7-14)4-11-10;1-4(2)3/h2*4-5,8-12,14-17,25-26,34H,2-3,6-7,13H2,1H3;7-8,11-14,19-20,28H,5-6,9-10H2,1-4H3;2-3,5-7H,4H2,1H3;2-6,14H,7H2,1H3;/t2*25-,26-;19-,20-;;;/m000.../s1. The van der Waals surface area contributed by atoms with Gasteiger partial charge in [-0.15, -0.1) is 0 Å². The van der Waals surface area contributed by atoms with E-state index in [0.717, 1.165) is 210 Å². The SMILES string of the molecule is CC1(C)OB(c2cc3c(=O)n([C@H]4CCCC[C@@H]4O)ccc3c3ncccc23)OC1(C)C.Cn1cc(-c2ccc(CBr)cn2)cn1.Cn1cc(-c2ccc(CO)cn2)cn1.Cn1cc(-c2ccc(Cc3cc4c(=O)n([C@H]5CCCC[C@@H]5O)ccc4c4ncccc34)cn2)cn1.Cn1cc(-c2ccc(Cc3cc4c(=O)n([C@H]5CCCC[C@@H]5O)ccc4c4ncccc34)cn2)cn1.O=S(Br)Br. The average molecular weight is 2000 g/mol. The van der Waals surface area contributed by atoms with Crippen molar-refractivity contribution in [3.8, 4) is 45.0 Å². The van der Waals surface area contributed by atoms with Crippen molar-refractivity contribution < 1.29 is 33.9 Å². The van der Waals surface area contributed by atoms with Crippen LogP contribution in [0.4, 0.5) is 0 Å². The number of aryl methyl sites for hydroxylation is 4. The molecule has 3 aliphatic carbocycles. The summed E-state index contributed by atoms with van der Waals surface area (Å²) >= 11 is 8.71. The van der Waals surface area contributed by atoms with Gasteiger partial charge in [-0.25, -0.2) is 4.21 Å². The molecule has 28 nitrogen and oxygen atoms in total. The Balaban J connectivity index is 0.000000125. The van der Waals surface area contributed by atoms with Crippen LogP contribution in [0.1, 0.15) is 156 Å². The van der Waals surface area contributed by atoms with Crippen molar-refractivity contribution in [1.82, 2.24) is 87.7 Å². The van der Waals surface area contributed by atoms with Crippen LogP contribution in [0.15, 0.2) is 247 Å². The van der Waals surface area contributed by atoms with E-state index in [0.29, 0.717) is 29.0 Å². The number of alkyl halides is 1. The van der Waals surface area contributed by atoms with Crippen molar-refractivity contribution in [2.24, 2.45) is 28.2 Å². The minimum Gasteiger partial charge on any atom is -0.399 e. The first-order valence-electron chi connectivity index (χ1n) is 44.5. The highest BCUT2D eigenvalue weighted by atomic mass is 79.9. The van der Waals surface area contributed by atoms with Gasteiger partial charge in [0.2, 0.25) is 0 Å². The molecule has 4 fully saturated rings. The molecule has 17 aromatic rings. The highest BCUT2D eigenvalue weighted by molar-refractivity contribution is 9.78. The van der Waals surface area contributed by atoms with Crippen LogP contribution in [0.3, 0.4) is 0 Å². The molecule has 6 atom stereocenters. The zero-order valence-corrected chi connectivity index (χ0v) is 80.7. The summed E-state index contributed by atoms with van der Waals surface area (Å²) in [5.41, 5.74) is 15.8. The lowest BCUT2D eigenvalue weighted by Gasteiger charge is -2.32. The molecule has 3 saturated carbocycles. The maximum Gasteiger partial charge on any atom is 0.495 e. The summed E-state index contributed by atoms with van der Waals surface area (Å²) < 4.78 is 34.2. The number of benzene rings is 3. The number of rotatable bonds is 14. The van der Waals surface area contributed by atoms with Crippen LogP contribution in [-0.2, 0) is 69.9 Å². The molecule has 684 valence electrons. The van der Waals surface area contributed by atoms with Gasteiger partial charge in [0.05, 0.1) is 118 Å². The van der Waals surface area contributed by atoms with Gasteiger partial charge in [0.1, 0.15) is 0 Å². The van der Waals surface area contributed by atoms with Crippen molar-refractivity contribution in [1.29, 1.82) is 0 Å². The molecule has 3 aromatic carbocycles. The number of nitrogens with zero attached hydrogens (tertiary/aromatic N) is 18. The van der Waals surface area contributed by atoms with Crippen molar-refractivity contribution in [3.05, 3.63) is 297 Å². The van der Waals surface area contributed by atoms with E-state index in [4.69, 9.17) is 14.4 Å². The van der Waals surface area contributed by atoms with Crippen LogP contribution in [0, 0.1) is 0 Å². The van der Waals surface area contributed by atoms with Gasteiger partial charge in [-0.3, -0.25) is 68.0 Å². The van der Waals surface area contributed by atoms with E-state index in [2.05, 4.69) is 131 Å². The van der Waals surface area contributed by atoms with E-state index < -0.39 is 44.3 Å². The number of hydrogen-bond donors (Lipinski definition) is 4. The molecule has 4 aliphatic rings. The summed E-state index contributed by atoms with van der Waals surface area (Å²) in [6.07, 6.45) is 43.6. The maximum atomic E-state index is 13.6. The summed E-state index contributed by atoms with van der Waals surface area (Å²) in [6, 6.07) is 39.1. The van der Waals surface area contributed by atoms with Crippen LogP contribution < -0.4 is 22.1 Å². The third-order valence-corrected chi connectivity index (χ3v) is 26.3. The van der Waals surface area contributed by atoms with Gasteiger partial charge in [-0.2, -0.15) is 20.4 Å². The average Bonchev–Trinajstić information content (AvgIpc) is 1.68. The first-order chi connectivity index (χ1) is 64.2. The quantitative estimate of drug-likeness (QED) is 0.0340. The molecule has 0 bridgehead atoms. The smallest absolute Gasteiger partial charge is 0.399 e. The molecule has 15 heterocycles. The highest BCUT2D eigenvalue weighted by Crippen LogP contribution is 2.40. The Bertz CT molecular complexity index is 6870. The third-order valence-electron chi connectivity index (χ3n) is 25.7. The summed E-state index contributed by atoms with van der Waals surface area (Å²) in [5, 5.41) is 65.3. The third kappa shape index (κ3) is 21.5. The second-order valence-corrected chi connectivity index (χ2v) is 42.3. The van der Waals surface area contributed by atoms with Crippen molar-refractivity contribution in [3.63, 3.8) is 0 Å². The van der Waals surface area contributed by atoms with Crippen LogP contribution in [-0.4, -0.2) is 149 Å². The Hall–Kier alpha value is -11.6. The van der Waals surface area contributed by atoms with Crippen LogP contribution >= 0.6 is 45.6 Å². The monoisotopic (exact) mass is 2000 g/mol. The van der Waals surface area contributed by atoms with E-state index >= 15 is 0 Å². The van der Waals surface area contributed by atoms with Crippen LogP contribution in [0.5, 0.6) is 0 Å². The summed E-state index contributed by atoms with van der Waals surface area (Å²) in [7, 11) is 5.97. The van der Waals surface area contributed by atoms with Crippen molar-refractivity contribution >= 4 is 131 Å². The van der Waals surface area contributed by atoms with E-state index in [-0.39, 0.29) is 41.4 Å². The van der Waals surface area contributed by atoms with E-state index in [9.17, 15) is 33.9 Å². The molecule has 1 aliphatic heterocycles. The Morgan fingerprint density at radius 3 is 1.01 bits per heavy atom. The fraction of sp³-hybridized carbons (Fsp3) is 0.320. The summed E-state index contributed by atoms with van der Waals surface area (Å²) in [4.78, 5) is 72.6. The van der Waals surface area contributed by atoms with Gasteiger partial charge >= 0.3 is 7.12 Å². The molecule has 14 aromatic heterocycles. The number of hydrogen-bond acceptors (Lipinski definition) is 21. The highest BCUT2D eigenvalue weighted by Gasteiger charge is 2.52. The van der Waals surface area contributed by atoms with Gasteiger partial charge in [-0.1, -0.05) is 96.9 Å².